The molecule has 0 aliphatic rings. The Balaban J connectivity index is 1.93. The fraction of sp³-hybridized carbons (Fsp3) is 0.346. The molecule has 10 heteroatoms. The van der Waals surface area contributed by atoms with E-state index >= 15 is 0 Å². The Kier molecular flexibility index (Phi) is 6.90. The molecule has 9 nitrogen and oxygen atoms in total. The van der Waals surface area contributed by atoms with Gasteiger partial charge < -0.3 is 14.5 Å². The molecule has 0 aliphatic carbocycles. The van der Waals surface area contributed by atoms with Crippen LogP contribution in [-0.2, 0) is 9.84 Å². The van der Waals surface area contributed by atoms with Crippen LogP contribution in [0.5, 0.6) is 11.6 Å². The van der Waals surface area contributed by atoms with E-state index in [1.54, 1.807) is 18.3 Å². The van der Waals surface area contributed by atoms with Gasteiger partial charge in [0.2, 0.25) is 0 Å². The minimum absolute atomic E-state index is 0.227. The molecule has 0 amide bonds. The zero-order chi connectivity index (χ0) is 26.2. The number of ether oxygens (including phenoxy) is 2. The monoisotopic (exact) mass is 510 g/mol. The van der Waals surface area contributed by atoms with Crippen LogP contribution >= 0.6 is 0 Å². The number of hydrogen-bond acceptors (Lipinski definition) is 7. The molecule has 3 aromatic heterocycles. The van der Waals surface area contributed by atoms with Gasteiger partial charge in [0.25, 0.3) is 5.88 Å². The fourth-order valence-electron chi connectivity index (χ4n) is 4.46. The molecule has 0 radical (unpaired) electrons. The second-order valence-corrected chi connectivity index (χ2v) is 11.1. The summed E-state index contributed by atoms with van der Waals surface area (Å²) in [5, 5.41) is 0. The van der Waals surface area contributed by atoms with E-state index in [4.69, 9.17) is 9.47 Å². The standard InChI is InChI=1S/C26H30N4O5S/c1-7-35-25-22(34-5)11-10-20(28-25)21(14-36(6,32)33)30-24-23(29-26(30)31)17(4)19(13-27-24)18-9-8-15(2)12-16(18)3/h8-13,21H,7,14H2,1-6H3,(H,29,31)/t21-/m1/s1. The van der Waals surface area contributed by atoms with Gasteiger partial charge in [-0.25, -0.2) is 23.2 Å². The number of pyridine rings is 2. The quantitative estimate of drug-likeness (QED) is 0.384. The Labute approximate surface area is 210 Å². The molecular weight excluding hydrogens is 480 g/mol. The highest BCUT2D eigenvalue weighted by Gasteiger charge is 2.27. The summed E-state index contributed by atoms with van der Waals surface area (Å²) in [6.45, 7) is 8.15. The van der Waals surface area contributed by atoms with Gasteiger partial charge in [0.1, 0.15) is 9.84 Å². The van der Waals surface area contributed by atoms with Gasteiger partial charge in [-0.05, 0) is 56.5 Å². The summed E-state index contributed by atoms with van der Waals surface area (Å²) in [6.07, 6.45) is 2.85. The molecule has 1 aromatic carbocycles. The van der Waals surface area contributed by atoms with Crippen molar-refractivity contribution in [3.8, 4) is 22.8 Å². The summed E-state index contributed by atoms with van der Waals surface area (Å²) in [4.78, 5) is 25.3. The number of imidazole rings is 1. The predicted octanol–water partition coefficient (Wildman–Crippen LogP) is 3.75. The van der Waals surface area contributed by atoms with Crippen LogP contribution in [0.4, 0.5) is 0 Å². The van der Waals surface area contributed by atoms with E-state index in [-0.39, 0.29) is 11.6 Å². The number of aryl methyl sites for hydroxylation is 3. The first-order chi connectivity index (χ1) is 17.0. The van der Waals surface area contributed by atoms with Crippen molar-refractivity contribution in [2.24, 2.45) is 0 Å². The summed E-state index contributed by atoms with van der Waals surface area (Å²) in [5.41, 5.74) is 5.81. The van der Waals surface area contributed by atoms with Crippen molar-refractivity contribution in [2.75, 3.05) is 25.7 Å². The lowest BCUT2D eigenvalue weighted by atomic mass is 9.96. The van der Waals surface area contributed by atoms with E-state index in [0.29, 0.717) is 29.2 Å². The normalized spacial score (nSPS) is 12.6. The van der Waals surface area contributed by atoms with Crippen molar-refractivity contribution in [3.05, 3.63) is 69.4 Å². The van der Waals surface area contributed by atoms with Crippen molar-refractivity contribution in [1.29, 1.82) is 0 Å². The highest BCUT2D eigenvalue weighted by Crippen LogP contribution is 2.32. The maximum absolute atomic E-state index is 13.3. The van der Waals surface area contributed by atoms with Gasteiger partial charge in [-0.2, -0.15) is 0 Å². The summed E-state index contributed by atoms with van der Waals surface area (Å²) in [6, 6.07) is 8.54. The zero-order valence-electron chi connectivity index (χ0n) is 21.2. The summed E-state index contributed by atoms with van der Waals surface area (Å²) in [5.74, 6) is 0.298. The molecule has 1 atom stereocenters. The minimum Gasteiger partial charge on any atom is -0.491 e. The van der Waals surface area contributed by atoms with E-state index < -0.39 is 21.6 Å². The molecule has 4 rings (SSSR count). The lowest BCUT2D eigenvalue weighted by Gasteiger charge is -2.19. The molecule has 0 spiro atoms. The first-order valence-corrected chi connectivity index (χ1v) is 13.6. The van der Waals surface area contributed by atoms with Crippen LogP contribution in [0.2, 0.25) is 0 Å². The number of benzene rings is 1. The second kappa shape index (κ2) is 9.77. The molecule has 190 valence electrons. The number of nitrogens with zero attached hydrogens (tertiary/aromatic N) is 3. The van der Waals surface area contributed by atoms with Crippen LogP contribution in [0.15, 0.2) is 41.3 Å². The Hall–Kier alpha value is -3.66. The third kappa shape index (κ3) is 4.86. The van der Waals surface area contributed by atoms with Gasteiger partial charge >= 0.3 is 5.69 Å². The van der Waals surface area contributed by atoms with Crippen molar-refractivity contribution in [2.45, 2.75) is 33.7 Å². The van der Waals surface area contributed by atoms with E-state index in [0.717, 1.165) is 34.1 Å². The fourth-order valence-corrected chi connectivity index (χ4v) is 5.36. The number of fused-ring (bicyclic) bond motifs is 1. The molecule has 0 unspecified atom stereocenters. The third-order valence-electron chi connectivity index (χ3n) is 6.13. The van der Waals surface area contributed by atoms with Crippen LogP contribution in [0.25, 0.3) is 22.3 Å². The van der Waals surface area contributed by atoms with Crippen LogP contribution in [-0.4, -0.2) is 53.7 Å². The Morgan fingerprint density at radius 3 is 2.50 bits per heavy atom. The molecule has 0 saturated heterocycles. The lowest BCUT2D eigenvalue weighted by molar-refractivity contribution is 0.296. The molecule has 4 aromatic rings. The smallest absolute Gasteiger partial charge is 0.328 e. The first kappa shape index (κ1) is 25.4. The Morgan fingerprint density at radius 1 is 1.11 bits per heavy atom. The van der Waals surface area contributed by atoms with Crippen molar-refractivity contribution in [1.82, 2.24) is 19.5 Å². The average molecular weight is 511 g/mol. The zero-order valence-corrected chi connectivity index (χ0v) is 22.1. The molecular formula is C26H30N4O5S. The number of H-pyrrole nitrogens is 1. The van der Waals surface area contributed by atoms with E-state index in [2.05, 4.69) is 21.0 Å². The van der Waals surface area contributed by atoms with Gasteiger partial charge in [-0.3, -0.25) is 4.57 Å². The van der Waals surface area contributed by atoms with Crippen molar-refractivity contribution >= 4 is 21.0 Å². The largest absolute Gasteiger partial charge is 0.491 e. The predicted molar refractivity (Wildman–Crippen MR) is 140 cm³/mol. The van der Waals surface area contributed by atoms with E-state index in [9.17, 15) is 13.2 Å². The second-order valence-electron chi connectivity index (χ2n) is 8.90. The number of methoxy groups -OCH3 is 1. The van der Waals surface area contributed by atoms with Crippen LogP contribution in [0, 0.1) is 20.8 Å². The summed E-state index contributed by atoms with van der Waals surface area (Å²) in [7, 11) is -2.01. The van der Waals surface area contributed by atoms with Gasteiger partial charge in [-0.1, -0.05) is 23.8 Å². The number of aromatic amines is 1. The molecule has 0 aliphatic heterocycles. The minimum atomic E-state index is -3.51. The van der Waals surface area contributed by atoms with E-state index in [1.165, 1.54) is 11.7 Å². The molecule has 0 fully saturated rings. The molecule has 1 N–H and O–H groups in total. The maximum atomic E-state index is 13.3. The van der Waals surface area contributed by atoms with Crippen molar-refractivity contribution < 1.29 is 17.9 Å². The number of nitrogens with one attached hydrogen (secondary N) is 1. The molecule has 0 saturated carbocycles. The van der Waals surface area contributed by atoms with Crippen LogP contribution < -0.4 is 15.2 Å². The number of aromatic nitrogens is 4. The van der Waals surface area contributed by atoms with Gasteiger partial charge in [-0.15, -0.1) is 0 Å². The average Bonchev–Trinajstić information content (AvgIpc) is 3.14. The number of sulfone groups is 1. The van der Waals surface area contributed by atoms with Crippen molar-refractivity contribution in [3.63, 3.8) is 0 Å². The molecule has 0 bridgehead atoms. The van der Waals surface area contributed by atoms with Crippen LogP contribution in [0.3, 0.4) is 0 Å². The van der Waals surface area contributed by atoms with Gasteiger partial charge in [0.05, 0.1) is 36.7 Å². The number of rotatable bonds is 8. The topological polar surface area (TPSA) is 116 Å². The van der Waals surface area contributed by atoms with E-state index in [1.807, 2.05) is 39.8 Å². The SMILES string of the molecule is CCOc1nc([C@@H](CS(C)(=O)=O)n2c(=O)[nH]c3c(C)c(-c4ccc(C)cc4C)cnc32)ccc1OC. The highest BCUT2D eigenvalue weighted by molar-refractivity contribution is 7.90. The molecule has 3 heterocycles. The number of hydrogen-bond donors (Lipinski definition) is 1. The Morgan fingerprint density at radius 2 is 1.86 bits per heavy atom. The molecule has 36 heavy (non-hydrogen) atoms. The maximum Gasteiger partial charge on any atom is 0.328 e. The third-order valence-corrected chi connectivity index (χ3v) is 7.05. The lowest BCUT2D eigenvalue weighted by Crippen LogP contribution is -2.29. The summed E-state index contributed by atoms with van der Waals surface area (Å²) < 4.78 is 37.1. The summed E-state index contributed by atoms with van der Waals surface area (Å²) >= 11 is 0. The van der Waals surface area contributed by atoms with Gasteiger partial charge in [0.15, 0.2) is 11.4 Å². The van der Waals surface area contributed by atoms with Crippen LogP contribution in [0.1, 0.15) is 35.3 Å². The Bertz CT molecular complexity index is 1600. The first-order valence-electron chi connectivity index (χ1n) is 11.6. The highest BCUT2D eigenvalue weighted by atomic mass is 32.2. The van der Waals surface area contributed by atoms with Gasteiger partial charge in [0, 0.05) is 18.0 Å².